The predicted octanol–water partition coefficient (Wildman–Crippen LogP) is 1.82. The molecule has 4 heteroatoms. The topological polar surface area (TPSA) is 43.8 Å². The molecule has 1 fully saturated rings. The van der Waals surface area contributed by atoms with Crippen LogP contribution in [0.3, 0.4) is 0 Å². The smallest absolute Gasteiger partial charge is 0.331 e. The number of likely N-dealkylation sites (tertiary alicyclic amines) is 1. The minimum absolute atomic E-state index is 0.521. The van der Waals surface area contributed by atoms with Gasteiger partial charge in [-0.25, -0.2) is 4.79 Å². The molecule has 0 aliphatic carbocycles. The third kappa shape index (κ3) is 4.42. The van der Waals surface area contributed by atoms with Crippen molar-refractivity contribution >= 4 is 5.97 Å². The summed E-state index contributed by atoms with van der Waals surface area (Å²) < 4.78 is 0. The monoisotopic (exact) mass is 254 g/mol. The Kier molecular flexibility index (Phi) is 6.36. The van der Waals surface area contributed by atoms with Gasteiger partial charge in [0.25, 0.3) is 0 Å². The number of hydrogen-bond acceptors (Lipinski definition) is 3. The van der Waals surface area contributed by atoms with Crippen molar-refractivity contribution in [3.8, 4) is 0 Å². The molecule has 0 atom stereocenters. The predicted molar refractivity (Wildman–Crippen MR) is 73.8 cm³/mol. The van der Waals surface area contributed by atoms with Gasteiger partial charge in [-0.15, -0.1) is 0 Å². The van der Waals surface area contributed by atoms with E-state index < -0.39 is 5.97 Å². The second kappa shape index (κ2) is 7.54. The van der Waals surface area contributed by atoms with E-state index >= 15 is 0 Å². The standard InChI is InChI=1S/C14H26N2O2/c1-4-12(14(17)18)6-9-15(3)13-7-10-16(5-2)11-8-13/h6,13H,4-5,7-11H2,1-3H3,(H,17,18). The first-order valence-electron chi connectivity index (χ1n) is 6.93. The lowest BCUT2D eigenvalue weighted by Gasteiger charge is -2.35. The third-order valence-corrected chi connectivity index (χ3v) is 3.91. The number of hydrogen-bond donors (Lipinski definition) is 1. The average molecular weight is 254 g/mol. The highest BCUT2D eigenvalue weighted by atomic mass is 16.4. The molecule has 1 aliphatic heterocycles. The van der Waals surface area contributed by atoms with Crippen molar-refractivity contribution < 1.29 is 9.90 Å². The fraction of sp³-hybridized carbons (Fsp3) is 0.786. The molecule has 1 saturated heterocycles. The van der Waals surface area contributed by atoms with Crippen LogP contribution in [0.1, 0.15) is 33.1 Å². The number of nitrogens with zero attached hydrogens (tertiary/aromatic N) is 2. The lowest BCUT2D eigenvalue weighted by molar-refractivity contribution is -0.132. The average Bonchev–Trinajstić information content (AvgIpc) is 2.39. The van der Waals surface area contributed by atoms with Crippen molar-refractivity contribution in [1.82, 2.24) is 9.80 Å². The lowest BCUT2D eigenvalue weighted by Crippen LogP contribution is -2.43. The van der Waals surface area contributed by atoms with Gasteiger partial charge in [-0.1, -0.05) is 19.9 Å². The van der Waals surface area contributed by atoms with E-state index in [4.69, 9.17) is 5.11 Å². The van der Waals surface area contributed by atoms with Crippen LogP contribution >= 0.6 is 0 Å². The van der Waals surface area contributed by atoms with Crippen LogP contribution in [0.25, 0.3) is 0 Å². The van der Waals surface area contributed by atoms with Crippen molar-refractivity contribution in [2.24, 2.45) is 0 Å². The number of piperidine rings is 1. The van der Waals surface area contributed by atoms with Gasteiger partial charge >= 0.3 is 5.97 Å². The van der Waals surface area contributed by atoms with E-state index in [2.05, 4.69) is 23.8 Å². The van der Waals surface area contributed by atoms with Crippen LogP contribution in [-0.2, 0) is 4.79 Å². The molecule has 104 valence electrons. The minimum atomic E-state index is -0.785. The Balaban J connectivity index is 2.41. The molecule has 0 saturated carbocycles. The molecular formula is C14H26N2O2. The number of likely N-dealkylation sites (N-methyl/N-ethyl adjacent to an activating group) is 1. The largest absolute Gasteiger partial charge is 0.478 e. The zero-order chi connectivity index (χ0) is 13.5. The molecular weight excluding hydrogens is 228 g/mol. The maximum absolute atomic E-state index is 10.9. The Morgan fingerprint density at radius 2 is 2.00 bits per heavy atom. The number of rotatable bonds is 6. The van der Waals surface area contributed by atoms with Crippen molar-refractivity contribution in [1.29, 1.82) is 0 Å². The summed E-state index contributed by atoms with van der Waals surface area (Å²) >= 11 is 0. The maximum atomic E-state index is 10.9. The van der Waals surface area contributed by atoms with Gasteiger partial charge < -0.3 is 10.0 Å². The molecule has 0 radical (unpaired) electrons. The third-order valence-electron chi connectivity index (χ3n) is 3.91. The van der Waals surface area contributed by atoms with E-state index in [0.29, 0.717) is 18.0 Å². The zero-order valence-corrected chi connectivity index (χ0v) is 11.9. The van der Waals surface area contributed by atoms with Crippen LogP contribution in [0.5, 0.6) is 0 Å². The van der Waals surface area contributed by atoms with Crippen molar-refractivity contribution in [3.63, 3.8) is 0 Å². The Hall–Kier alpha value is -0.870. The summed E-state index contributed by atoms with van der Waals surface area (Å²) in [6, 6.07) is 0.593. The SMILES string of the molecule is CCC(=CCN(C)C1CCN(CC)CC1)C(=O)O. The Morgan fingerprint density at radius 3 is 2.44 bits per heavy atom. The molecule has 4 nitrogen and oxygen atoms in total. The van der Waals surface area contributed by atoms with E-state index in [-0.39, 0.29) is 0 Å². The normalized spacial score (nSPS) is 19.4. The summed E-state index contributed by atoms with van der Waals surface area (Å²) in [7, 11) is 2.10. The molecule has 0 unspecified atom stereocenters. The summed E-state index contributed by atoms with van der Waals surface area (Å²) in [6.45, 7) is 8.29. The number of carboxylic acid groups (broad SMARTS) is 1. The molecule has 1 heterocycles. The fourth-order valence-corrected chi connectivity index (χ4v) is 2.46. The van der Waals surface area contributed by atoms with Gasteiger partial charge in [-0.2, -0.15) is 0 Å². The highest BCUT2D eigenvalue weighted by Crippen LogP contribution is 2.15. The fourth-order valence-electron chi connectivity index (χ4n) is 2.46. The Bertz CT molecular complexity index is 294. The minimum Gasteiger partial charge on any atom is -0.478 e. The van der Waals surface area contributed by atoms with E-state index in [1.165, 1.54) is 12.8 Å². The molecule has 18 heavy (non-hydrogen) atoms. The summed E-state index contributed by atoms with van der Waals surface area (Å²) in [6.07, 6.45) is 4.82. The van der Waals surface area contributed by atoms with Crippen LogP contribution in [0.15, 0.2) is 11.6 Å². The molecule has 1 rings (SSSR count). The van der Waals surface area contributed by atoms with Crippen molar-refractivity contribution in [3.05, 3.63) is 11.6 Å². The first-order valence-corrected chi connectivity index (χ1v) is 6.93. The van der Waals surface area contributed by atoms with Crippen LogP contribution < -0.4 is 0 Å². The van der Waals surface area contributed by atoms with Crippen LogP contribution in [0.2, 0.25) is 0 Å². The number of aliphatic carboxylic acids is 1. The highest BCUT2D eigenvalue weighted by molar-refractivity contribution is 5.86. The second-order valence-corrected chi connectivity index (χ2v) is 4.99. The number of carbonyl (C=O) groups is 1. The summed E-state index contributed by atoms with van der Waals surface area (Å²) in [5.74, 6) is -0.785. The lowest BCUT2D eigenvalue weighted by atomic mass is 10.0. The zero-order valence-electron chi connectivity index (χ0n) is 11.9. The molecule has 1 N–H and O–H groups in total. The van der Waals surface area contributed by atoms with Crippen LogP contribution in [0.4, 0.5) is 0 Å². The second-order valence-electron chi connectivity index (χ2n) is 4.99. The molecule has 0 aromatic rings. The summed E-state index contributed by atoms with van der Waals surface area (Å²) in [5.41, 5.74) is 0.521. The maximum Gasteiger partial charge on any atom is 0.331 e. The first kappa shape index (κ1) is 15.2. The molecule has 0 aromatic heterocycles. The van der Waals surface area contributed by atoms with Gasteiger partial charge in [0.1, 0.15) is 0 Å². The highest BCUT2D eigenvalue weighted by Gasteiger charge is 2.20. The van der Waals surface area contributed by atoms with E-state index in [9.17, 15) is 4.79 Å². The van der Waals surface area contributed by atoms with Gasteiger partial charge in [0.15, 0.2) is 0 Å². The van der Waals surface area contributed by atoms with E-state index in [1.807, 2.05) is 13.0 Å². The van der Waals surface area contributed by atoms with Gasteiger partial charge in [-0.05, 0) is 45.9 Å². The molecule has 0 aromatic carbocycles. The van der Waals surface area contributed by atoms with Crippen molar-refractivity contribution in [2.45, 2.75) is 39.2 Å². The molecule has 0 spiro atoms. The van der Waals surface area contributed by atoms with Gasteiger partial charge in [-0.3, -0.25) is 4.90 Å². The Labute approximate surface area is 110 Å². The van der Waals surface area contributed by atoms with Gasteiger partial charge in [0.05, 0.1) is 0 Å². The quantitative estimate of drug-likeness (QED) is 0.734. The molecule has 0 bridgehead atoms. The molecule has 0 amide bonds. The van der Waals surface area contributed by atoms with Crippen LogP contribution in [0, 0.1) is 0 Å². The number of carboxylic acids is 1. The molecule has 1 aliphatic rings. The first-order chi connectivity index (χ1) is 8.58. The van der Waals surface area contributed by atoms with Crippen molar-refractivity contribution in [2.75, 3.05) is 33.2 Å². The van der Waals surface area contributed by atoms with Crippen LogP contribution in [-0.4, -0.2) is 60.1 Å². The summed E-state index contributed by atoms with van der Waals surface area (Å²) in [4.78, 5) is 15.7. The van der Waals surface area contributed by atoms with E-state index in [1.54, 1.807) is 0 Å². The summed E-state index contributed by atoms with van der Waals surface area (Å²) in [5, 5.41) is 8.97. The van der Waals surface area contributed by atoms with Gasteiger partial charge in [0, 0.05) is 18.2 Å². The van der Waals surface area contributed by atoms with E-state index in [0.717, 1.165) is 26.2 Å². The Morgan fingerprint density at radius 1 is 1.39 bits per heavy atom. The van der Waals surface area contributed by atoms with Gasteiger partial charge in [0.2, 0.25) is 0 Å².